The van der Waals surface area contributed by atoms with Crippen molar-refractivity contribution < 1.29 is 0 Å². The molecule has 0 saturated heterocycles. The molecule has 1 nitrogen and oxygen atoms in total. The molecule has 0 aromatic heterocycles. The number of hydrogen-bond donors (Lipinski definition) is 0. The highest BCUT2D eigenvalue weighted by molar-refractivity contribution is 6.70. The van der Waals surface area contributed by atoms with Crippen molar-refractivity contribution in [2.24, 2.45) is 0 Å². The van der Waals surface area contributed by atoms with Gasteiger partial charge in [-0.3, -0.25) is 0 Å². The Morgan fingerprint density at radius 3 is 2.09 bits per heavy atom. The Morgan fingerprint density at radius 1 is 1.18 bits per heavy atom. The molecule has 2 heteroatoms. The number of benzene rings is 1. The number of rotatable bonds is 1. The van der Waals surface area contributed by atoms with Gasteiger partial charge in [0.25, 0.3) is 0 Å². The number of nitrogens with zero attached hydrogens (tertiary/aromatic N) is 1. The lowest BCUT2D eigenvalue weighted by molar-refractivity contribution is 1.49. The highest BCUT2D eigenvalue weighted by Gasteiger charge is 1.98. The Balaban J connectivity index is 2.94. The van der Waals surface area contributed by atoms with Gasteiger partial charge in [0.15, 0.2) is 0 Å². The molecule has 0 saturated carbocycles. The second-order valence-electron chi connectivity index (χ2n) is 2.89. The van der Waals surface area contributed by atoms with Crippen LogP contribution >= 0.6 is 0 Å². The van der Waals surface area contributed by atoms with Gasteiger partial charge in [-0.15, -0.1) is 0 Å². The summed E-state index contributed by atoms with van der Waals surface area (Å²) in [4.78, 5) is 0. The molecule has 1 rings (SSSR count). The van der Waals surface area contributed by atoms with Gasteiger partial charge in [-0.25, -0.2) is 0 Å². The van der Waals surface area contributed by atoms with E-state index in [1.807, 2.05) is 12.1 Å². The summed E-state index contributed by atoms with van der Waals surface area (Å²) in [6.07, 6.45) is 0. The molecule has 0 amide bonds. The van der Waals surface area contributed by atoms with E-state index in [-0.39, 0.29) is 0 Å². The lowest BCUT2D eigenvalue weighted by atomic mass is 10.2. The van der Waals surface area contributed by atoms with Crippen molar-refractivity contribution in [3.63, 3.8) is 0 Å². The van der Waals surface area contributed by atoms with Crippen molar-refractivity contribution in [2.75, 3.05) is 0 Å². The van der Waals surface area contributed by atoms with Gasteiger partial charge in [-0.2, -0.15) is 5.26 Å². The standard InChI is InChI=1S/C9H11NSi/c1-11(2)9-5-3-8(7-10)4-6-9/h3-6,11H,1-2H3. The van der Waals surface area contributed by atoms with Crippen molar-refractivity contribution in [3.8, 4) is 6.07 Å². The normalized spacial score (nSPS) is 9.64. The van der Waals surface area contributed by atoms with Gasteiger partial charge >= 0.3 is 0 Å². The van der Waals surface area contributed by atoms with E-state index in [1.165, 1.54) is 5.19 Å². The van der Waals surface area contributed by atoms with Gasteiger partial charge in [0.1, 0.15) is 0 Å². The van der Waals surface area contributed by atoms with Gasteiger partial charge in [0.2, 0.25) is 0 Å². The molecular weight excluding hydrogens is 150 g/mol. The summed E-state index contributed by atoms with van der Waals surface area (Å²) in [6, 6.07) is 10.0. The SMILES string of the molecule is C[SiH](C)c1ccc(C#N)cc1. The first-order chi connectivity index (χ1) is 5.24. The van der Waals surface area contributed by atoms with Gasteiger partial charge in [-0.05, 0) is 12.1 Å². The molecule has 0 aliphatic heterocycles. The Bertz CT molecular complexity index is 269. The summed E-state index contributed by atoms with van der Waals surface area (Å²) in [5.41, 5.74) is 0.753. The summed E-state index contributed by atoms with van der Waals surface area (Å²) in [7, 11) is -0.670. The van der Waals surface area contributed by atoms with Crippen molar-refractivity contribution in [3.05, 3.63) is 29.8 Å². The highest BCUT2D eigenvalue weighted by atomic mass is 28.3. The largest absolute Gasteiger partial charge is 0.192 e. The van der Waals surface area contributed by atoms with Crippen LogP contribution in [0, 0.1) is 11.3 Å². The average molecular weight is 161 g/mol. The van der Waals surface area contributed by atoms with E-state index < -0.39 is 8.80 Å². The summed E-state index contributed by atoms with van der Waals surface area (Å²) in [5.74, 6) is 0. The van der Waals surface area contributed by atoms with E-state index in [4.69, 9.17) is 5.26 Å². The smallest absolute Gasteiger partial charge is 0.0991 e. The number of nitriles is 1. The van der Waals surface area contributed by atoms with Crippen LogP contribution in [-0.4, -0.2) is 8.80 Å². The third kappa shape index (κ3) is 1.92. The minimum atomic E-state index is -0.670. The first-order valence-electron chi connectivity index (χ1n) is 3.74. The zero-order chi connectivity index (χ0) is 8.27. The number of hydrogen-bond acceptors (Lipinski definition) is 1. The Labute approximate surface area is 68.9 Å². The lowest BCUT2D eigenvalue weighted by Crippen LogP contribution is -2.21. The minimum absolute atomic E-state index is 0.670. The topological polar surface area (TPSA) is 23.8 Å². The molecule has 0 heterocycles. The molecule has 0 aliphatic carbocycles. The van der Waals surface area contributed by atoms with E-state index in [2.05, 4.69) is 31.3 Å². The van der Waals surface area contributed by atoms with E-state index >= 15 is 0 Å². The van der Waals surface area contributed by atoms with Crippen molar-refractivity contribution in [1.82, 2.24) is 0 Å². The summed E-state index contributed by atoms with van der Waals surface area (Å²) < 4.78 is 0. The molecule has 0 bridgehead atoms. The van der Waals surface area contributed by atoms with E-state index in [1.54, 1.807) is 0 Å². The molecule has 0 N–H and O–H groups in total. The molecule has 11 heavy (non-hydrogen) atoms. The summed E-state index contributed by atoms with van der Waals surface area (Å²) in [6.45, 7) is 4.56. The van der Waals surface area contributed by atoms with Crippen LogP contribution in [0.15, 0.2) is 24.3 Å². The van der Waals surface area contributed by atoms with Crippen LogP contribution in [0.25, 0.3) is 0 Å². The van der Waals surface area contributed by atoms with Crippen molar-refractivity contribution in [1.29, 1.82) is 5.26 Å². The predicted molar refractivity (Wildman–Crippen MR) is 49.7 cm³/mol. The molecule has 0 spiro atoms. The minimum Gasteiger partial charge on any atom is -0.192 e. The summed E-state index contributed by atoms with van der Waals surface area (Å²) in [5, 5.41) is 9.95. The maximum Gasteiger partial charge on any atom is 0.0991 e. The zero-order valence-electron chi connectivity index (χ0n) is 6.83. The van der Waals surface area contributed by atoms with Crippen LogP contribution in [0.3, 0.4) is 0 Å². The fourth-order valence-electron chi connectivity index (χ4n) is 0.943. The van der Waals surface area contributed by atoms with Gasteiger partial charge in [0, 0.05) is 0 Å². The second-order valence-corrected chi connectivity index (χ2v) is 5.86. The quantitative estimate of drug-likeness (QED) is 0.569. The maximum atomic E-state index is 8.53. The molecule has 0 fully saturated rings. The molecule has 0 radical (unpaired) electrons. The first kappa shape index (κ1) is 8.03. The van der Waals surface area contributed by atoms with Crippen LogP contribution in [0.2, 0.25) is 13.1 Å². The van der Waals surface area contributed by atoms with Gasteiger partial charge < -0.3 is 0 Å². The van der Waals surface area contributed by atoms with Gasteiger partial charge in [0.05, 0.1) is 20.4 Å². The monoisotopic (exact) mass is 161 g/mol. The van der Waals surface area contributed by atoms with Crippen LogP contribution < -0.4 is 5.19 Å². The Kier molecular flexibility index (Phi) is 2.45. The second kappa shape index (κ2) is 3.36. The Hall–Kier alpha value is -1.07. The highest BCUT2D eigenvalue weighted by Crippen LogP contribution is 1.94. The molecular formula is C9H11NSi. The van der Waals surface area contributed by atoms with Crippen molar-refractivity contribution in [2.45, 2.75) is 13.1 Å². The van der Waals surface area contributed by atoms with E-state index in [0.29, 0.717) is 0 Å². The van der Waals surface area contributed by atoms with Crippen LogP contribution in [-0.2, 0) is 0 Å². The molecule has 0 atom stereocenters. The predicted octanol–water partition coefficient (Wildman–Crippen LogP) is 1.25. The van der Waals surface area contributed by atoms with E-state index in [9.17, 15) is 0 Å². The lowest BCUT2D eigenvalue weighted by Gasteiger charge is -2.01. The Morgan fingerprint density at radius 2 is 1.73 bits per heavy atom. The van der Waals surface area contributed by atoms with Gasteiger partial charge in [-0.1, -0.05) is 30.4 Å². The van der Waals surface area contributed by atoms with E-state index in [0.717, 1.165) is 5.56 Å². The maximum absolute atomic E-state index is 8.53. The molecule has 0 aliphatic rings. The third-order valence-corrected chi connectivity index (χ3v) is 3.42. The molecule has 56 valence electrons. The van der Waals surface area contributed by atoms with Crippen LogP contribution in [0.4, 0.5) is 0 Å². The fraction of sp³-hybridized carbons (Fsp3) is 0.222. The average Bonchev–Trinajstić information content (AvgIpc) is 2.05. The first-order valence-corrected chi connectivity index (χ1v) is 6.63. The van der Waals surface area contributed by atoms with Crippen LogP contribution in [0.5, 0.6) is 0 Å². The third-order valence-electron chi connectivity index (χ3n) is 1.71. The zero-order valence-corrected chi connectivity index (χ0v) is 7.99. The fourth-order valence-corrected chi connectivity index (χ4v) is 1.90. The molecule has 1 aromatic carbocycles. The molecule has 1 aromatic rings. The molecule has 0 unspecified atom stereocenters. The van der Waals surface area contributed by atoms with Crippen LogP contribution in [0.1, 0.15) is 5.56 Å². The summed E-state index contributed by atoms with van der Waals surface area (Å²) >= 11 is 0. The van der Waals surface area contributed by atoms with Crippen molar-refractivity contribution >= 4 is 14.0 Å².